The largest absolute Gasteiger partial charge is 0.497 e. The molecule has 3 N–H and O–H groups in total. The molecule has 0 saturated heterocycles. The number of aromatic carboxylic acids is 1. The van der Waals surface area contributed by atoms with E-state index in [1.807, 2.05) is 0 Å². The summed E-state index contributed by atoms with van der Waals surface area (Å²) in [6.07, 6.45) is -4.71. The van der Waals surface area contributed by atoms with Gasteiger partial charge in [-0.05, 0) is 23.8 Å². The van der Waals surface area contributed by atoms with Crippen LogP contribution in [0.2, 0.25) is 0 Å². The number of carboxylic acid groups (broad SMARTS) is 1. The predicted molar refractivity (Wildman–Crippen MR) is 52.9 cm³/mol. The van der Waals surface area contributed by atoms with Gasteiger partial charge >= 0.3 is 12.1 Å². The first-order valence-corrected chi connectivity index (χ1v) is 4.51. The molecule has 7 heteroatoms. The number of nitrogens with two attached hydrogens (primary N) is 1. The van der Waals surface area contributed by atoms with Crippen molar-refractivity contribution in [2.75, 3.05) is 7.11 Å². The topological polar surface area (TPSA) is 72.5 Å². The molecule has 0 bridgehead atoms. The standard InChI is InChI=1S/C10H10F3NO3/c1-17-5-2-3-6(9(15)16)7(4-5)8(14)10(11,12)13/h2-4,8H,14H2,1H3,(H,15,16)/t8-/m1/s1. The second-order valence-corrected chi connectivity index (χ2v) is 3.28. The van der Waals surface area contributed by atoms with E-state index in [0.717, 1.165) is 12.1 Å². The molecule has 0 saturated carbocycles. The lowest BCUT2D eigenvalue weighted by Crippen LogP contribution is -2.30. The molecule has 0 aliphatic rings. The van der Waals surface area contributed by atoms with Crippen molar-refractivity contribution >= 4 is 5.97 Å². The van der Waals surface area contributed by atoms with E-state index in [0.29, 0.717) is 0 Å². The molecule has 0 radical (unpaired) electrons. The second-order valence-electron chi connectivity index (χ2n) is 3.28. The number of ether oxygens (including phenoxy) is 1. The molecule has 0 unspecified atom stereocenters. The Bertz CT molecular complexity index is 431. The number of halogens is 3. The van der Waals surface area contributed by atoms with E-state index in [4.69, 9.17) is 15.6 Å². The summed E-state index contributed by atoms with van der Waals surface area (Å²) >= 11 is 0. The SMILES string of the molecule is COc1ccc(C(=O)O)c([C@@H](N)C(F)(F)F)c1. The van der Waals surface area contributed by atoms with Crippen LogP contribution in [-0.2, 0) is 0 Å². The average molecular weight is 249 g/mol. The fraction of sp³-hybridized carbons (Fsp3) is 0.300. The highest BCUT2D eigenvalue weighted by atomic mass is 19.4. The van der Waals surface area contributed by atoms with Gasteiger partial charge in [0.05, 0.1) is 12.7 Å². The van der Waals surface area contributed by atoms with Crippen molar-refractivity contribution in [1.29, 1.82) is 0 Å². The maximum absolute atomic E-state index is 12.5. The highest BCUT2D eigenvalue weighted by Crippen LogP contribution is 2.34. The van der Waals surface area contributed by atoms with Gasteiger partial charge in [0.15, 0.2) is 0 Å². The summed E-state index contributed by atoms with van der Waals surface area (Å²) in [6, 6.07) is 0.906. The normalized spacial score (nSPS) is 13.2. The number of rotatable bonds is 3. The Kier molecular flexibility index (Phi) is 3.62. The van der Waals surface area contributed by atoms with Crippen molar-refractivity contribution in [2.45, 2.75) is 12.2 Å². The van der Waals surface area contributed by atoms with Crippen molar-refractivity contribution in [2.24, 2.45) is 5.73 Å². The Hall–Kier alpha value is -1.76. The average Bonchev–Trinajstić information content (AvgIpc) is 2.25. The fourth-order valence-electron chi connectivity index (χ4n) is 1.30. The number of hydrogen-bond donors (Lipinski definition) is 2. The van der Waals surface area contributed by atoms with Crippen molar-refractivity contribution < 1.29 is 27.8 Å². The Balaban J connectivity index is 3.32. The van der Waals surface area contributed by atoms with Crippen LogP contribution in [0.4, 0.5) is 13.2 Å². The summed E-state index contributed by atoms with van der Waals surface area (Å²) in [7, 11) is 1.26. The third kappa shape index (κ3) is 2.88. The molecule has 94 valence electrons. The predicted octanol–water partition coefficient (Wildman–Crippen LogP) is 1.96. The molecule has 0 aliphatic heterocycles. The maximum Gasteiger partial charge on any atom is 0.407 e. The molecular formula is C10H10F3NO3. The van der Waals surface area contributed by atoms with Gasteiger partial charge in [-0.25, -0.2) is 4.79 Å². The molecule has 0 amide bonds. The number of carbonyl (C=O) groups is 1. The molecule has 0 aliphatic carbocycles. The first-order chi connectivity index (χ1) is 7.77. The third-order valence-electron chi connectivity index (χ3n) is 2.18. The van der Waals surface area contributed by atoms with E-state index in [9.17, 15) is 18.0 Å². The Labute approximate surface area is 94.8 Å². The van der Waals surface area contributed by atoms with Crippen LogP contribution in [0.15, 0.2) is 18.2 Å². The van der Waals surface area contributed by atoms with E-state index >= 15 is 0 Å². The lowest BCUT2D eigenvalue weighted by atomic mass is 10.00. The Morgan fingerprint density at radius 2 is 2.06 bits per heavy atom. The van der Waals surface area contributed by atoms with E-state index in [-0.39, 0.29) is 5.75 Å². The molecule has 0 fully saturated rings. The minimum Gasteiger partial charge on any atom is -0.497 e. The summed E-state index contributed by atoms with van der Waals surface area (Å²) in [4.78, 5) is 10.8. The van der Waals surface area contributed by atoms with Crippen LogP contribution >= 0.6 is 0 Å². The van der Waals surface area contributed by atoms with Gasteiger partial charge in [0.25, 0.3) is 0 Å². The zero-order chi connectivity index (χ0) is 13.2. The number of alkyl halides is 3. The van der Waals surface area contributed by atoms with E-state index in [2.05, 4.69) is 0 Å². The zero-order valence-electron chi connectivity index (χ0n) is 8.78. The smallest absolute Gasteiger partial charge is 0.407 e. The highest BCUT2D eigenvalue weighted by Gasteiger charge is 2.39. The van der Waals surface area contributed by atoms with Gasteiger partial charge < -0.3 is 15.6 Å². The highest BCUT2D eigenvalue weighted by molar-refractivity contribution is 5.89. The number of hydrogen-bond acceptors (Lipinski definition) is 3. The van der Waals surface area contributed by atoms with Gasteiger partial charge in [-0.3, -0.25) is 0 Å². The zero-order valence-corrected chi connectivity index (χ0v) is 8.78. The minimum atomic E-state index is -4.71. The van der Waals surface area contributed by atoms with E-state index in [1.54, 1.807) is 0 Å². The Morgan fingerprint density at radius 3 is 2.47 bits per heavy atom. The molecule has 0 spiro atoms. The van der Waals surface area contributed by atoms with Gasteiger partial charge in [-0.2, -0.15) is 13.2 Å². The van der Waals surface area contributed by atoms with Gasteiger partial charge in [0.1, 0.15) is 11.8 Å². The molecule has 1 rings (SSSR count). The third-order valence-corrected chi connectivity index (χ3v) is 2.18. The van der Waals surface area contributed by atoms with Crippen LogP contribution in [-0.4, -0.2) is 24.4 Å². The van der Waals surface area contributed by atoms with Gasteiger partial charge in [0, 0.05) is 0 Å². The lowest BCUT2D eigenvalue weighted by molar-refractivity contribution is -0.149. The summed E-state index contributed by atoms with van der Waals surface area (Å²) < 4.78 is 42.1. The first-order valence-electron chi connectivity index (χ1n) is 4.51. The summed E-state index contributed by atoms with van der Waals surface area (Å²) in [5.74, 6) is -1.35. The van der Waals surface area contributed by atoms with Crippen LogP contribution in [0.5, 0.6) is 5.75 Å². The van der Waals surface area contributed by atoms with E-state index in [1.165, 1.54) is 13.2 Å². The molecule has 4 nitrogen and oxygen atoms in total. The summed E-state index contributed by atoms with van der Waals surface area (Å²) in [5.41, 5.74) is 3.98. The monoisotopic (exact) mass is 249 g/mol. The van der Waals surface area contributed by atoms with Crippen molar-refractivity contribution in [3.8, 4) is 5.75 Å². The molecule has 1 aromatic rings. The second kappa shape index (κ2) is 4.62. The van der Waals surface area contributed by atoms with Crippen molar-refractivity contribution in [3.05, 3.63) is 29.3 Å². The number of carboxylic acids is 1. The molecule has 0 aromatic heterocycles. The quantitative estimate of drug-likeness (QED) is 0.858. The summed E-state index contributed by atoms with van der Waals surface area (Å²) in [5, 5.41) is 8.78. The fourth-order valence-corrected chi connectivity index (χ4v) is 1.30. The Morgan fingerprint density at radius 1 is 1.47 bits per heavy atom. The van der Waals surface area contributed by atoms with Crippen LogP contribution in [0.1, 0.15) is 22.0 Å². The number of benzene rings is 1. The van der Waals surface area contributed by atoms with Gasteiger partial charge in [-0.1, -0.05) is 0 Å². The van der Waals surface area contributed by atoms with Crippen LogP contribution in [0.3, 0.4) is 0 Å². The van der Waals surface area contributed by atoms with Crippen molar-refractivity contribution in [1.82, 2.24) is 0 Å². The van der Waals surface area contributed by atoms with Crippen LogP contribution in [0.25, 0.3) is 0 Å². The summed E-state index contributed by atoms with van der Waals surface area (Å²) in [6.45, 7) is 0. The molecule has 0 heterocycles. The van der Waals surface area contributed by atoms with E-state index < -0.39 is 29.3 Å². The first kappa shape index (κ1) is 13.3. The molecular weight excluding hydrogens is 239 g/mol. The molecule has 1 atom stereocenters. The molecule has 17 heavy (non-hydrogen) atoms. The minimum absolute atomic E-state index is 0.115. The van der Waals surface area contributed by atoms with Crippen LogP contribution in [0, 0.1) is 0 Å². The molecule has 1 aromatic carbocycles. The maximum atomic E-state index is 12.5. The number of methoxy groups -OCH3 is 1. The van der Waals surface area contributed by atoms with Gasteiger partial charge in [0.2, 0.25) is 0 Å². The van der Waals surface area contributed by atoms with Gasteiger partial charge in [-0.15, -0.1) is 0 Å². The van der Waals surface area contributed by atoms with Crippen molar-refractivity contribution in [3.63, 3.8) is 0 Å². The lowest BCUT2D eigenvalue weighted by Gasteiger charge is -2.18. The van der Waals surface area contributed by atoms with Crippen LogP contribution < -0.4 is 10.5 Å².